The van der Waals surface area contributed by atoms with Crippen LogP contribution in [0.25, 0.3) is 0 Å². The highest BCUT2D eigenvalue weighted by molar-refractivity contribution is 5.96. The number of pyridine rings is 1. The minimum absolute atomic E-state index is 0.000420. The number of aryl methyl sites for hydroxylation is 1. The molecule has 0 aliphatic carbocycles. The highest BCUT2D eigenvalue weighted by Crippen LogP contribution is 2.19. The molecule has 0 radical (unpaired) electrons. The number of hydrogen-bond acceptors (Lipinski definition) is 5. The first-order valence-electron chi connectivity index (χ1n) is 5.92. The molecule has 0 bridgehead atoms. The van der Waals surface area contributed by atoms with Crippen molar-refractivity contribution in [1.29, 1.82) is 0 Å². The van der Waals surface area contributed by atoms with Crippen molar-refractivity contribution >= 4 is 5.91 Å². The van der Waals surface area contributed by atoms with Crippen molar-refractivity contribution in [3.05, 3.63) is 27.7 Å². The van der Waals surface area contributed by atoms with E-state index in [1.54, 1.807) is 32.3 Å². The van der Waals surface area contributed by atoms with Gasteiger partial charge in [0.15, 0.2) is 11.4 Å². The molecule has 0 spiro atoms. The molecule has 1 amide bonds. The third-order valence-corrected chi connectivity index (χ3v) is 3.14. The molecule has 0 unspecified atom stereocenters. The summed E-state index contributed by atoms with van der Waals surface area (Å²) in [7, 11) is 3.33. The second-order valence-electron chi connectivity index (χ2n) is 4.54. The zero-order valence-corrected chi connectivity index (χ0v) is 11.2. The number of ether oxygens (including phenoxy) is 1. The van der Waals surface area contributed by atoms with Crippen molar-refractivity contribution in [3.63, 3.8) is 0 Å². The third kappa shape index (κ3) is 2.17. The van der Waals surface area contributed by atoms with E-state index in [1.165, 1.54) is 9.58 Å². The third-order valence-electron chi connectivity index (χ3n) is 3.14. The van der Waals surface area contributed by atoms with Crippen LogP contribution in [0.4, 0.5) is 0 Å². The SMILES string of the molecule is COCCN1CN(C)n2cc(C)c(=O)c(O)c2C1=O. The maximum atomic E-state index is 12.3. The second kappa shape index (κ2) is 4.93. The first-order valence-corrected chi connectivity index (χ1v) is 5.92. The summed E-state index contributed by atoms with van der Waals surface area (Å²) < 4.78 is 6.46. The number of nitrogens with zero attached hydrogens (tertiary/aromatic N) is 3. The Kier molecular flexibility index (Phi) is 3.48. The van der Waals surface area contributed by atoms with Crippen molar-refractivity contribution < 1.29 is 14.6 Å². The molecule has 1 aliphatic heterocycles. The summed E-state index contributed by atoms with van der Waals surface area (Å²) in [5.41, 5.74) is -0.117. The van der Waals surface area contributed by atoms with E-state index in [-0.39, 0.29) is 11.6 Å². The molecule has 1 aromatic rings. The lowest BCUT2D eigenvalue weighted by Crippen LogP contribution is -2.53. The number of aromatic hydroxyl groups is 1. The van der Waals surface area contributed by atoms with E-state index in [1.807, 2.05) is 0 Å². The number of carbonyl (C=O) groups excluding carboxylic acids is 1. The highest BCUT2D eigenvalue weighted by Gasteiger charge is 2.31. The summed E-state index contributed by atoms with van der Waals surface area (Å²) in [6, 6.07) is 0. The molecule has 0 fully saturated rings. The average Bonchev–Trinajstić information content (AvgIpc) is 2.38. The molecule has 1 N–H and O–H groups in total. The number of methoxy groups -OCH3 is 1. The van der Waals surface area contributed by atoms with Crippen molar-refractivity contribution in [2.75, 3.05) is 39.0 Å². The molecule has 0 atom stereocenters. The Balaban J connectivity index is 2.49. The topological polar surface area (TPSA) is 75.0 Å². The lowest BCUT2D eigenvalue weighted by atomic mass is 10.2. The van der Waals surface area contributed by atoms with Crippen LogP contribution >= 0.6 is 0 Å². The van der Waals surface area contributed by atoms with Gasteiger partial charge in [-0.3, -0.25) is 19.3 Å². The van der Waals surface area contributed by atoms with Gasteiger partial charge in [0.05, 0.1) is 6.61 Å². The van der Waals surface area contributed by atoms with Gasteiger partial charge < -0.3 is 14.7 Å². The molecule has 7 nitrogen and oxygen atoms in total. The zero-order chi connectivity index (χ0) is 14.2. The molecule has 2 rings (SSSR count). The van der Waals surface area contributed by atoms with Crippen molar-refractivity contribution in [2.24, 2.45) is 0 Å². The van der Waals surface area contributed by atoms with Crippen LogP contribution in [0.1, 0.15) is 16.1 Å². The van der Waals surface area contributed by atoms with Crippen molar-refractivity contribution in [1.82, 2.24) is 9.58 Å². The van der Waals surface area contributed by atoms with Crippen LogP contribution in [0.2, 0.25) is 0 Å². The zero-order valence-electron chi connectivity index (χ0n) is 11.2. The summed E-state index contributed by atoms with van der Waals surface area (Å²) in [4.78, 5) is 25.5. The van der Waals surface area contributed by atoms with Crippen LogP contribution < -0.4 is 10.4 Å². The maximum Gasteiger partial charge on any atom is 0.277 e. The Morgan fingerprint density at radius 3 is 2.74 bits per heavy atom. The predicted molar refractivity (Wildman–Crippen MR) is 69.0 cm³/mol. The quantitative estimate of drug-likeness (QED) is 0.798. The molecular weight excluding hydrogens is 250 g/mol. The van der Waals surface area contributed by atoms with E-state index >= 15 is 0 Å². The number of amides is 1. The molecule has 1 aromatic heterocycles. The van der Waals surface area contributed by atoms with Crippen LogP contribution in [0.3, 0.4) is 0 Å². The van der Waals surface area contributed by atoms with Crippen LogP contribution in [0.5, 0.6) is 5.75 Å². The molecule has 1 aliphatic rings. The molecule has 104 valence electrons. The van der Waals surface area contributed by atoms with Gasteiger partial charge in [-0.1, -0.05) is 0 Å². The molecule has 0 saturated carbocycles. The van der Waals surface area contributed by atoms with E-state index in [9.17, 15) is 14.7 Å². The maximum absolute atomic E-state index is 12.3. The fourth-order valence-corrected chi connectivity index (χ4v) is 2.08. The van der Waals surface area contributed by atoms with Gasteiger partial charge in [0.25, 0.3) is 5.91 Å². The standard InChI is InChI=1S/C12H17N3O4/c1-8-6-15-9(11(17)10(8)16)12(18)14(4-5-19-3)7-13(15)2/h6,17H,4-5,7H2,1-3H3. The predicted octanol–water partition coefficient (Wildman–Crippen LogP) is -0.510. The van der Waals surface area contributed by atoms with Gasteiger partial charge in [-0.2, -0.15) is 0 Å². The first-order chi connectivity index (χ1) is 8.97. The molecular formula is C12H17N3O4. The van der Waals surface area contributed by atoms with Crippen LogP contribution in [0, 0.1) is 6.92 Å². The summed E-state index contributed by atoms with van der Waals surface area (Å²) in [6.07, 6.45) is 1.56. The Bertz CT molecular complexity index is 567. The Labute approximate surface area is 110 Å². The van der Waals surface area contributed by atoms with E-state index < -0.39 is 11.2 Å². The van der Waals surface area contributed by atoms with E-state index in [0.717, 1.165) is 0 Å². The fraction of sp³-hybridized carbons (Fsp3) is 0.500. The summed E-state index contributed by atoms with van der Waals surface area (Å²) >= 11 is 0. The highest BCUT2D eigenvalue weighted by atomic mass is 16.5. The second-order valence-corrected chi connectivity index (χ2v) is 4.54. The smallest absolute Gasteiger partial charge is 0.277 e. The summed E-state index contributed by atoms with van der Waals surface area (Å²) in [5, 5.41) is 11.7. The number of carbonyl (C=O) groups is 1. The number of hydrogen-bond donors (Lipinski definition) is 1. The fourth-order valence-electron chi connectivity index (χ4n) is 2.08. The van der Waals surface area contributed by atoms with Crippen molar-refractivity contribution in [2.45, 2.75) is 6.92 Å². The number of rotatable bonds is 3. The Morgan fingerprint density at radius 2 is 2.11 bits per heavy atom. The van der Waals surface area contributed by atoms with E-state index in [2.05, 4.69) is 0 Å². The number of aromatic nitrogens is 1. The molecule has 0 saturated heterocycles. The lowest BCUT2D eigenvalue weighted by molar-refractivity contribution is 0.0630. The minimum atomic E-state index is -0.512. The monoisotopic (exact) mass is 267 g/mol. The summed E-state index contributed by atoms with van der Waals surface area (Å²) in [6.45, 7) is 2.78. The lowest BCUT2D eigenvalue weighted by Gasteiger charge is -2.37. The molecule has 19 heavy (non-hydrogen) atoms. The molecule has 2 heterocycles. The van der Waals surface area contributed by atoms with Crippen LogP contribution in [0.15, 0.2) is 11.0 Å². The summed E-state index contributed by atoms with van der Waals surface area (Å²) in [5.74, 6) is -0.872. The van der Waals surface area contributed by atoms with Gasteiger partial charge in [-0.05, 0) is 6.92 Å². The van der Waals surface area contributed by atoms with Gasteiger partial charge in [-0.15, -0.1) is 0 Å². The van der Waals surface area contributed by atoms with Gasteiger partial charge >= 0.3 is 0 Å². The van der Waals surface area contributed by atoms with Crippen LogP contribution in [-0.4, -0.2) is 54.6 Å². The molecule has 0 aromatic carbocycles. The number of fused-ring (bicyclic) bond motifs is 1. The minimum Gasteiger partial charge on any atom is -0.502 e. The average molecular weight is 267 g/mol. The van der Waals surface area contributed by atoms with E-state index in [0.29, 0.717) is 25.4 Å². The van der Waals surface area contributed by atoms with Gasteiger partial charge in [0, 0.05) is 32.5 Å². The van der Waals surface area contributed by atoms with Crippen molar-refractivity contribution in [3.8, 4) is 5.75 Å². The first kappa shape index (κ1) is 13.4. The van der Waals surface area contributed by atoms with Gasteiger partial charge in [-0.25, -0.2) is 0 Å². The van der Waals surface area contributed by atoms with Crippen LogP contribution in [-0.2, 0) is 4.74 Å². The van der Waals surface area contributed by atoms with Gasteiger partial charge in [0.2, 0.25) is 5.43 Å². The van der Waals surface area contributed by atoms with Gasteiger partial charge in [0.1, 0.15) is 6.67 Å². The molecule has 7 heteroatoms. The Hall–Kier alpha value is -2.02. The van der Waals surface area contributed by atoms with E-state index in [4.69, 9.17) is 4.74 Å². The largest absolute Gasteiger partial charge is 0.502 e. The normalized spacial score (nSPS) is 14.8. The Morgan fingerprint density at radius 1 is 1.42 bits per heavy atom.